The maximum Gasteiger partial charge on any atom is 0.262 e. The summed E-state index contributed by atoms with van der Waals surface area (Å²) in [6.07, 6.45) is 17.4. The molecule has 0 unspecified atom stereocenters. The van der Waals surface area contributed by atoms with Crippen LogP contribution in [-0.2, 0) is 0 Å². The van der Waals surface area contributed by atoms with Crippen LogP contribution < -0.4 is 0 Å². The monoisotopic (exact) mass is 1400 g/mol. The van der Waals surface area contributed by atoms with Gasteiger partial charge in [0.25, 0.3) is 5.92 Å². The highest BCUT2D eigenvalue weighted by Gasteiger charge is 2.55. The predicted octanol–water partition coefficient (Wildman–Crippen LogP) is 22.3. The molecule has 11 aliphatic rings. The van der Waals surface area contributed by atoms with E-state index in [1.54, 1.807) is 0 Å². The summed E-state index contributed by atoms with van der Waals surface area (Å²) < 4.78 is 26.2. The molecule has 8 heterocycles. The molecule has 3 saturated carbocycles. The molecule has 8 saturated heterocycles. The molecule has 15 atom stereocenters. The van der Waals surface area contributed by atoms with Gasteiger partial charge in [-0.2, -0.15) is 0 Å². The minimum Gasteiger partial charge on any atom is -0.297 e. The van der Waals surface area contributed by atoms with Crippen LogP contribution in [0.25, 0.3) is 0 Å². The van der Waals surface area contributed by atoms with Gasteiger partial charge in [-0.3, -0.25) is 39.2 Å². The summed E-state index contributed by atoms with van der Waals surface area (Å²) in [6, 6.07) is 14.1. The fraction of sp³-hybridized carbons (Fsp3) is 1.00. The van der Waals surface area contributed by atoms with E-state index in [-0.39, 0.29) is 25.0 Å². The molecule has 0 amide bonds. The van der Waals surface area contributed by atoms with E-state index in [1.165, 1.54) is 103 Å². The molecule has 3 aliphatic carbocycles. The Balaban J connectivity index is 0.000000240. The van der Waals surface area contributed by atoms with Gasteiger partial charge in [-0.25, -0.2) is 8.78 Å². The van der Waals surface area contributed by atoms with Crippen molar-refractivity contribution >= 4 is 0 Å². The minimum absolute atomic E-state index is 0.0306. The molecule has 11 rings (SSSR count). The van der Waals surface area contributed by atoms with Gasteiger partial charge in [0.2, 0.25) is 0 Å². The lowest BCUT2D eigenvalue weighted by atomic mass is 9.87. The maximum atomic E-state index is 13.1. The zero-order valence-electron chi connectivity index (χ0n) is 73.5. The van der Waals surface area contributed by atoms with Gasteiger partial charge in [0.05, 0.1) is 6.54 Å². The van der Waals surface area contributed by atoms with E-state index in [0.717, 1.165) is 167 Å². The third-order valence-electron chi connectivity index (χ3n) is 26.3. The molecule has 99 heavy (non-hydrogen) atoms. The summed E-state index contributed by atoms with van der Waals surface area (Å²) in [4.78, 5) is 20.9. The molecule has 588 valence electrons. The van der Waals surface area contributed by atoms with Crippen LogP contribution >= 0.6 is 0 Å². The van der Waals surface area contributed by atoms with Gasteiger partial charge in [0.15, 0.2) is 0 Å². The van der Waals surface area contributed by atoms with Gasteiger partial charge in [-0.15, -0.1) is 0 Å². The topological polar surface area (TPSA) is 25.9 Å². The first-order valence-corrected chi connectivity index (χ1v) is 43.0. The van der Waals surface area contributed by atoms with Gasteiger partial charge in [0.1, 0.15) is 0 Å². The first-order valence-electron chi connectivity index (χ1n) is 43.0. The summed E-state index contributed by atoms with van der Waals surface area (Å²) in [6.45, 7) is 90.7. The Bertz CT molecular complexity index is 1930. The molecule has 0 N–H and O–H groups in total. The molecule has 1 spiro atoms. The number of hydrogen-bond acceptors (Lipinski definition) is 8. The van der Waals surface area contributed by atoms with Crippen molar-refractivity contribution in [3.63, 3.8) is 0 Å². The lowest BCUT2D eigenvalue weighted by Gasteiger charge is -2.34. The van der Waals surface area contributed by atoms with Crippen molar-refractivity contribution in [1.82, 2.24) is 39.2 Å². The smallest absolute Gasteiger partial charge is 0.262 e. The highest BCUT2D eigenvalue weighted by molar-refractivity contribution is 5.09. The summed E-state index contributed by atoms with van der Waals surface area (Å²) in [7, 11) is 0. The lowest BCUT2D eigenvalue weighted by molar-refractivity contribution is 0.00914. The summed E-state index contributed by atoms with van der Waals surface area (Å²) in [5.41, 5.74) is 1.30. The lowest BCUT2D eigenvalue weighted by Crippen LogP contribution is -2.42. The third-order valence-corrected chi connectivity index (χ3v) is 26.3. The van der Waals surface area contributed by atoms with Crippen LogP contribution in [0.1, 0.15) is 340 Å². The standard InChI is InChI=1S/C12H23N.C12H25N.2C11H21N.3C11H23N.C10H19F2N/c1-9(2)11-7-12(5-6-12)8-13(11)10(3)4;1-9(2)11-7-12(5,6)8-13(11)10(3)4;2*1-7(2)10-5-9-6-11(9)12(10)8(3)4;2*1-8(2)11-6-10(5)7-12(11)9(3)4;1-8(2)11-7-6-10(5)12(11)9(3)4;1-7(2)9-5-10(11,12)6-13(9)8(3)4/h9-11H,5-8H2,1-4H3;9-11H,7-8H2,1-6H3;2*7-11H,5-6H2,1-4H3;3*8-11H,6-7H2,1-5H3;7-9H,5-6H2,1-4H3/t2*11-;9-,10+,11+;9-,10-,11+;10-,11+;2*10-,11-;9-/m00101000/s1. The van der Waals surface area contributed by atoms with Gasteiger partial charge in [-0.05, 0) is 277 Å². The normalized spacial score (nSPS) is 33.5. The highest BCUT2D eigenvalue weighted by atomic mass is 19.3. The second-order valence-electron chi connectivity index (χ2n) is 41.3. The van der Waals surface area contributed by atoms with Crippen molar-refractivity contribution < 1.29 is 8.78 Å². The van der Waals surface area contributed by atoms with Crippen LogP contribution in [0, 0.1) is 81.8 Å². The number of rotatable bonds is 16. The zero-order valence-corrected chi connectivity index (χ0v) is 73.5. The largest absolute Gasteiger partial charge is 0.297 e. The molecule has 11 fully saturated rings. The van der Waals surface area contributed by atoms with Crippen LogP contribution in [0.5, 0.6) is 0 Å². The van der Waals surface area contributed by atoms with Crippen LogP contribution in [0.4, 0.5) is 8.78 Å². The maximum absolute atomic E-state index is 13.1. The first kappa shape index (κ1) is 90.9. The van der Waals surface area contributed by atoms with E-state index in [2.05, 4.69) is 263 Å². The van der Waals surface area contributed by atoms with Crippen molar-refractivity contribution in [1.29, 1.82) is 0 Å². The Labute approximate surface area is 619 Å². The van der Waals surface area contributed by atoms with Crippen LogP contribution in [0.3, 0.4) is 0 Å². The van der Waals surface area contributed by atoms with E-state index < -0.39 is 5.92 Å². The minimum atomic E-state index is -2.47. The number of halogens is 2. The SMILES string of the molecule is CC(C)[C@@H]1CC(C)(C)CN1C(C)C.CC(C)[C@@H]1CC(F)(F)CN1C(C)C.CC(C)[C@@H]1CC2(CC2)CN1C(C)C.CC(C)[C@@H]1CC[C@H](C)N1C(C)C.CC(C)[C@@H]1C[C@@H](C)CN1C(C)C.CC(C)[C@@H]1C[C@@H]2C[C@@H]2N1C(C)C.CC(C)[C@@H]1C[C@H](C)CN1C(C)C.CC(C)[C@@H]1C[C@H]2C[C@H]2N1C(C)C. The fourth-order valence-corrected chi connectivity index (χ4v) is 20.6. The van der Waals surface area contributed by atoms with Crippen molar-refractivity contribution in [3.05, 3.63) is 0 Å². The molecule has 10 heteroatoms. The Hall–Kier alpha value is -0.460. The second-order valence-corrected chi connectivity index (χ2v) is 41.3. The van der Waals surface area contributed by atoms with Crippen molar-refractivity contribution in [2.24, 2.45) is 81.8 Å². The van der Waals surface area contributed by atoms with E-state index in [1.807, 2.05) is 32.6 Å². The molecule has 0 bridgehead atoms. The Kier molecular flexibility index (Phi) is 35.9. The van der Waals surface area contributed by atoms with Gasteiger partial charge >= 0.3 is 0 Å². The van der Waals surface area contributed by atoms with E-state index >= 15 is 0 Å². The molecule has 0 aromatic carbocycles. The Morgan fingerprint density at radius 1 is 0.293 bits per heavy atom. The van der Waals surface area contributed by atoms with Gasteiger partial charge < -0.3 is 0 Å². The summed E-state index contributed by atoms with van der Waals surface area (Å²) in [5, 5.41) is 0. The molecule has 0 radical (unpaired) electrons. The fourth-order valence-electron chi connectivity index (χ4n) is 20.6. The number of piperidine rings is 2. The predicted molar refractivity (Wildman–Crippen MR) is 433 cm³/mol. The molecule has 0 aromatic heterocycles. The molecular formula is C89H178F2N8. The van der Waals surface area contributed by atoms with Crippen LogP contribution in [0.15, 0.2) is 0 Å². The average Bonchev–Trinajstić information content (AvgIpc) is 1.60. The number of likely N-dealkylation sites (tertiary alicyclic amines) is 8. The summed E-state index contributed by atoms with van der Waals surface area (Å²) in [5.74, 6) is 7.56. The molecular weight excluding hydrogens is 1220 g/mol. The quantitative estimate of drug-likeness (QED) is 0.151. The Morgan fingerprint density at radius 3 is 0.859 bits per heavy atom. The number of alkyl halides is 2. The average molecular weight is 1400 g/mol. The van der Waals surface area contributed by atoms with Crippen LogP contribution in [0.2, 0.25) is 0 Å². The Morgan fingerprint density at radius 2 is 0.606 bits per heavy atom. The third kappa shape index (κ3) is 26.4. The van der Waals surface area contributed by atoms with Crippen LogP contribution in [-0.4, -0.2) is 193 Å². The van der Waals surface area contributed by atoms with Crippen molar-refractivity contribution in [3.8, 4) is 0 Å². The van der Waals surface area contributed by atoms with E-state index in [9.17, 15) is 8.78 Å². The number of fused-ring (bicyclic) bond motifs is 2. The van der Waals surface area contributed by atoms with Crippen molar-refractivity contribution in [2.75, 3.05) is 32.7 Å². The van der Waals surface area contributed by atoms with Gasteiger partial charge in [-0.1, -0.05) is 138 Å². The molecule has 0 aromatic rings. The first-order chi connectivity index (χ1) is 45.5. The molecule has 8 aliphatic heterocycles. The van der Waals surface area contributed by atoms with Gasteiger partial charge in [0, 0.05) is 147 Å². The number of hydrogen-bond donors (Lipinski definition) is 0. The summed E-state index contributed by atoms with van der Waals surface area (Å²) >= 11 is 0. The number of nitrogens with zero attached hydrogens (tertiary/aromatic N) is 8. The highest BCUT2D eigenvalue weighted by Crippen LogP contribution is 2.56. The molecule has 8 nitrogen and oxygen atoms in total. The van der Waals surface area contributed by atoms with E-state index in [0.29, 0.717) is 17.4 Å². The van der Waals surface area contributed by atoms with E-state index in [4.69, 9.17) is 0 Å². The van der Waals surface area contributed by atoms with Crippen molar-refractivity contribution in [2.45, 2.75) is 460 Å². The zero-order chi connectivity index (χ0) is 75.7. The second kappa shape index (κ2) is 39.1.